The summed E-state index contributed by atoms with van der Waals surface area (Å²) in [6, 6.07) is 9.88. The van der Waals surface area contributed by atoms with Crippen molar-refractivity contribution in [2.45, 2.75) is 17.2 Å². The van der Waals surface area contributed by atoms with E-state index in [0.29, 0.717) is 0 Å². The van der Waals surface area contributed by atoms with E-state index in [1.165, 1.54) is 0 Å². The van der Waals surface area contributed by atoms with Crippen LogP contribution in [-0.2, 0) is 4.74 Å². The lowest BCUT2D eigenvalue weighted by atomic mass is 10.0. The van der Waals surface area contributed by atoms with Crippen LogP contribution in [-0.4, -0.2) is 35.5 Å². The SMILES string of the molecule is O=C(O)NC12OC1NCCS[C@@H]2c1ccccc1. The normalized spacial score (nSPS) is 34.2. The standard InChI is InChI=1S/C12H14N2O3S/c15-11(16)14-12-9(8-4-2-1-3-5-8)18-7-6-13-10(12)17-12/h1-5,9-10,13-14H,6-7H2,(H,15,16)/t9-,10?,12?/m1/s1. The van der Waals surface area contributed by atoms with Crippen molar-refractivity contribution in [1.82, 2.24) is 10.6 Å². The maximum atomic E-state index is 11.0. The van der Waals surface area contributed by atoms with Crippen LogP contribution in [0.3, 0.4) is 0 Å². The molecular formula is C12H14N2O3S. The van der Waals surface area contributed by atoms with Crippen molar-refractivity contribution in [3.8, 4) is 0 Å². The molecule has 2 aliphatic rings. The molecule has 3 rings (SSSR count). The molecule has 0 saturated carbocycles. The summed E-state index contributed by atoms with van der Waals surface area (Å²) in [6.45, 7) is 0.821. The molecule has 1 aromatic carbocycles. The number of thioether (sulfide) groups is 1. The third kappa shape index (κ3) is 1.96. The Morgan fingerprint density at radius 2 is 2.28 bits per heavy atom. The van der Waals surface area contributed by atoms with E-state index in [9.17, 15) is 4.79 Å². The Morgan fingerprint density at radius 3 is 3.00 bits per heavy atom. The van der Waals surface area contributed by atoms with Gasteiger partial charge in [0, 0.05) is 12.3 Å². The summed E-state index contributed by atoms with van der Waals surface area (Å²) < 4.78 is 5.60. The number of carbonyl (C=O) groups is 1. The molecule has 0 radical (unpaired) electrons. The maximum Gasteiger partial charge on any atom is 0.407 e. The van der Waals surface area contributed by atoms with Gasteiger partial charge >= 0.3 is 6.09 Å². The van der Waals surface area contributed by atoms with Crippen molar-refractivity contribution in [3.05, 3.63) is 35.9 Å². The molecule has 2 saturated heterocycles. The van der Waals surface area contributed by atoms with E-state index < -0.39 is 11.8 Å². The molecule has 2 aliphatic heterocycles. The average Bonchev–Trinajstić information content (AvgIpc) is 3.03. The van der Waals surface area contributed by atoms with E-state index in [-0.39, 0.29) is 11.5 Å². The summed E-state index contributed by atoms with van der Waals surface area (Å²) in [4.78, 5) is 11.0. The Bertz CT molecular complexity index is 456. The van der Waals surface area contributed by atoms with Gasteiger partial charge in [0.25, 0.3) is 0 Å². The fraction of sp³-hybridized carbons (Fsp3) is 0.417. The zero-order chi connectivity index (χ0) is 12.6. The number of epoxide rings is 1. The van der Waals surface area contributed by atoms with Crippen molar-refractivity contribution < 1.29 is 14.6 Å². The van der Waals surface area contributed by atoms with Crippen LogP contribution in [0.5, 0.6) is 0 Å². The lowest BCUT2D eigenvalue weighted by Gasteiger charge is -2.23. The van der Waals surface area contributed by atoms with Crippen LogP contribution in [0.4, 0.5) is 4.79 Å². The monoisotopic (exact) mass is 266 g/mol. The Hall–Kier alpha value is -1.24. The van der Waals surface area contributed by atoms with Gasteiger partial charge in [-0.2, -0.15) is 0 Å². The molecule has 1 aromatic rings. The number of fused-ring (bicyclic) bond motifs is 1. The fourth-order valence-corrected chi connectivity index (χ4v) is 3.65. The minimum Gasteiger partial charge on any atom is -0.465 e. The van der Waals surface area contributed by atoms with Gasteiger partial charge in [0.2, 0.25) is 5.72 Å². The minimum atomic E-state index is -1.05. The highest BCUT2D eigenvalue weighted by molar-refractivity contribution is 7.99. The van der Waals surface area contributed by atoms with Gasteiger partial charge in [0.05, 0.1) is 5.25 Å². The summed E-state index contributed by atoms with van der Waals surface area (Å²) in [5, 5.41) is 14.7. The lowest BCUT2D eigenvalue weighted by molar-refractivity contribution is 0.169. The second-order valence-electron chi connectivity index (χ2n) is 4.34. The van der Waals surface area contributed by atoms with E-state index in [0.717, 1.165) is 17.9 Å². The number of rotatable bonds is 2. The third-order valence-electron chi connectivity index (χ3n) is 3.16. The van der Waals surface area contributed by atoms with Gasteiger partial charge in [0.1, 0.15) is 0 Å². The van der Waals surface area contributed by atoms with E-state index in [4.69, 9.17) is 9.84 Å². The first-order valence-electron chi connectivity index (χ1n) is 5.81. The predicted octanol–water partition coefficient (Wildman–Crippen LogP) is 1.38. The highest BCUT2D eigenvalue weighted by Gasteiger charge is 2.64. The first-order chi connectivity index (χ1) is 8.72. The summed E-state index contributed by atoms with van der Waals surface area (Å²) in [6.07, 6.45) is -1.28. The Kier molecular flexibility index (Phi) is 2.93. The number of nitrogens with one attached hydrogen (secondary N) is 2. The highest BCUT2D eigenvalue weighted by Crippen LogP contribution is 2.51. The number of amides is 1. The smallest absolute Gasteiger partial charge is 0.407 e. The number of hydrogen-bond acceptors (Lipinski definition) is 4. The van der Waals surface area contributed by atoms with Crippen molar-refractivity contribution >= 4 is 17.9 Å². The molecule has 0 aromatic heterocycles. The van der Waals surface area contributed by atoms with Crippen LogP contribution in [0.15, 0.2) is 30.3 Å². The molecule has 2 heterocycles. The average molecular weight is 266 g/mol. The fourth-order valence-electron chi connectivity index (χ4n) is 2.34. The third-order valence-corrected chi connectivity index (χ3v) is 4.55. The zero-order valence-electron chi connectivity index (χ0n) is 9.63. The molecule has 18 heavy (non-hydrogen) atoms. The summed E-state index contributed by atoms with van der Waals surface area (Å²) in [5.41, 5.74) is 0.261. The van der Waals surface area contributed by atoms with Crippen molar-refractivity contribution in [3.63, 3.8) is 0 Å². The molecule has 0 aliphatic carbocycles. The molecular weight excluding hydrogens is 252 g/mol. The van der Waals surface area contributed by atoms with E-state index in [2.05, 4.69) is 10.6 Å². The predicted molar refractivity (Wildman–Crippen MR) is 68.4 cm³/mol. The van der Waals surface area contributed by atoms with Crippen LogP contribution in [0.2, 0.25) is 0 Å². The quantitative estimate of drug-likeness (QED) is 0.705. The lowest BCUT2D eigenvalue weighted by Crippen LogP contribution is -2.44. The molecule has 96 valence electrons. The number of hydrogen-bond donors (Lipinski definition) is 3. The van der Waals surface area contributed by atoms with Crippen LogP contribution < -0.4 is 10.6 Å². The highest BCUT2D eigenvalue weighted by atomic mass is 32.2. The van der Waals surface area contributed by atoms with Gasteiger partial charge in [-0.05, 0) is 5.56 Å². The summed E-state index contributed by atoms with van der Waals surface area (Å²) >= 11 is 1.71. The molecule has 3 N–H and O–H groups in total. The second-order valence-corrected chi connectivity index (χ2v) is 5.55. The van der Waals surface area contributed by atoms with Crippen LogP contribution in [0.1, 0.15) is 10.8 Å². The Balaban J connectivity index is 1.92. The topological polar surface area (TPSA) is 73.9 Å². The maximum absolute atomic E-state index is 11.0. The van der Waals surface area contributed by atoms with E-state index in [1.54, 1.807) is 11.8 Å². The van der Waals surface area contributed by atoms with Crippen molar-refractivity contribution in [2.24, 2.45) is 0 Å². The number of carboxylic acid groups (broad SMARTS) is 1. The van der Waals surface area contributed by atoms with Crippen LogP contribution >= 0.6 is 11.8 Å². The number of ether oxygens (including phenoxy) is 1. The van der Waals surface area contributed by atoms with Crippen LogP contribution in [0.25, 0.3) is 0 Å². The molecule has 0 spiro atoms. The number of benzene rings is 1. The van der Waals surface area contributed by atoms with Gasteiger partial charge in [0.15, 0.2) is 6.23 Å². The molecule has 2 unspecified atom stereocenters. The first kappa shape index (κ1) is 11.8. The Morgan fingerprint density at radius 1 is 1.50 bits per heavy atom. The van der Waals surface area contributed by atoms with Gasteiger partial charge in [-0.15, -0.1) is 11.8 Å². The zero-order valence-corrected chi connectivity index (χ0v) is 10.4. The first-order valence-corrected chi connectivity index (χ1v) is 6.86. The molecule has 2 fully saturated rings. The van der Waals surface area contributed by atoms with Gasteiger partial charge in [-0.3, -0.25) is 10.6 Å². The Labute approximate surface area is 109 Å². The van der Waals surface area contributed by atoms with E-state index in [1.807, 2.05) is 30.3 Å². The summed E-state index contributed by atoms with van der Waals surface area (Å²) in [5.74, 6) is 0.933. The van der Waals surface area contributed by atoms with Crippen molar-refractivity contribution in [1.29, 1.82) is 0 Å². The largest absolute Gasteiger partial charge is 0.465 e. The summed E-state index contributed by atoms with van der Waals surface area (Å²) in [7, 11) is 0. The van der Waals surface area contributed by atoms with E-state index >= 15 is 0 Å². The van der Waals surface area contributed by atoms with Gasteiger partial charge in [-0.1, -0.05) is 30.3 Å². The molecule has 1 amide bonds. The molecule has 6 heteroatoms. The molecule has 5 nitrogen and oxygen atoms in total. The van der Waals surface area contributed by atoms with Crippen LogP contribution in [0, 0.1) is 0 Å². The second kappa shape index (κ2) is 4.46. The van der Waals surface area contributed by atoms with Gasteiger partial charge < -0.3 is 9.84 Å². The van der Waals surface area contributed by atoms with Gasteiger partial charge in [-0.25, -0.2) is 4.79 Å². The molecule has 3 atom stereocenters. The minimum absolute atomic E-state index is 0.0187. The van der Waals surface area contributed by atoms with Crippen molar-refractivity contribution in [2.75, 3.05) is 12.3 Å². The molecule has 0 bridgehead atoms.